The number of para-hydroxylation sites is 1. The van der Waals surface area contributed by atoms with Gasteiger partial charge in [0, 0.05) is 5.02 Å². The Balaban J connectivity index is 1.58. The van der Waals surface area contributed by atoms with E-state index in [2.05, 4.69) is 28.0 Å². The molecule has 0 radical (unpaired) electrons. The molecule has 9 heteroatoms. The second kappa shape index (κ2) is 8.23. The third-order valence-electron chi connectivity index (χ3n) is 4.79. The molecule has 0 saturated heterocycles. The highest BCUT2D eigenvalue weighted by molar-refractivity contribution is 7.71. The van der Waals surface area contributed by atoms with Crippen LogP contribution in [0.25, 0.3) is 21.6 Å². The van der Waals surface area contributed by atoms with Gasteiger partial charge in [0.1, 0.15) is 10.8 Å². The average Bonchev–Trinajstić information content (AvgIpc) is 3.31. The second-order valence-electron chi connectivity index (χ2n) is 6.72. The first-order valence-electron chi connectivity index (χ1n) is 9.02. The minimum Gasteiger partial charge on any atom is -0.496 e. The van der Waals surface area contributed by atoms with Crippen molar-refractivity contribution < 1.29 is 4.74 Å². The summed E-state index contributed by atoms with van der Waals surface area (Å²) < 4.78 is 8.91. The van der Waals surface area contributed by atoms with Crippen LogP contribution in [-0.2, 0) is 6.67 Å². The van der Waals surface area contributed by atoms with Gasteiger partial charge in [0.2, 0.25) is 4.77 Å². The highest BCUT2D eigenvalue weighted by atomic mass is 35.5. The van der Waals surface area contributed by atoms with E-state index in [1.807, 2.05) is 42.1 Å². The number of nitrogens with zero attached hydrogens (tertiary/aromatic N) is 4. The maximum Gasteiger partial charge on any atom is 0.217 e. The summed E-state index contributed by atoms with van der Waals surface area (Å²) in [5.41, 5.74) is 1.80. The van der Waals surface area contributed by atoms with Crippen molar-refractivity contribution in [1.82, 2.24) is 24.6 Å². The fraction of sp³-hybridized carbons (Fsp3) is 0.250. The van der Waals surface area contributed by atoms with Crippen molar-refractivity contribution in [2.45, 2.75) is 19.6 Å². The van der Waals surface area contributed by atoms with E-state index >= 15 is 0 Å². The summed E-state index contributed by atoms with van der Waals surface area (Å²) in [7, 11) is 3.66. The van der Waals surface area contributed by atoms with Gasteiger partial charge in [-0.15, -0.1) is 11.3 Å². The normalized spacial score (nSPS) is 12.6. The van der Waals surface area contributed by atoms with Gasteiger partial charge in [-0.2, -0.15) is 4.98 Å². The Labute approximate surface area is 182 Å². The molecule has 2 heterocycles. The van der Waals surface area contributed by atoms with Crippen LogP contribution in [0, 0.1) is 4.77 Å². The van der Waals surface area contributed by atoms with Crippen molar-refractivity contribution >= 4 is 45.4 Å². The monoisotopic (exact) mass is 445 g/mol. The Bertz CT molecular complexity index is 1180. The molecule has 1 atom stereocenters. The molecule has 0 bridgehead atoms. The largest absolute Gasteiger partial charge is 0.496 e. The number of fused-ring (bicyclic) bond motifs is 1. The van der Waals surface area contributed by atoms with Crippen molar-refractivity contribution in [2.75, 3.05) is 14.2 Å². The van der Waals surface area contributed by atoms with Crippen LogP contribution >= 0.6 is 35.2 Å². The lowest BCUT2D eigenvalue weighted by Crippen LogP contribution is -2.26. The number of aromatic nitrogens is 4. The summed E-state index contributed by atoms with van der Waals surface area (Å²) in [6.07, 6.45) is 0. The van der Waals surface area contributed by atoms with Crippen LogP contribution in [0.1, 0.15) is 18.0 Å². The van der Waals surface area contributed by atoms with E-state index in [1.165, 1.54) is 4.70 Å². The number of halogens is 1. The molecule has 2 aromatic heterocycles. The van der Waals surface area contributed by atoms with Gasteiger partial charge < -0.3 is 4.74 Å². The van der Waals surface area contributed by atoms with E-state index in [0.717, 1.165) is 16.1 Å². The number of hydrogen-bond donors (Lipinski definition) is 1. The second-order valence-corrected chi connectivity index (χ2v) is 8.59. The number of H-pyrrole nitrogens is 1. The van der Waals surface area contributed by atoms with Crippen molar-refractivity contribution in [2.24, 2.45) is 0 Å². The molecule has 6 nitrogen and oxygen atoms in total. The lowest BCUT2D eigenvalue weighted by Gasteiger charge is -2.22. The SMILES string of the molecule is COc1ccc(Cl)cc1-c1nc(=S)n(CN(C)[C@H](C)c2nc3ccccc3s2)[nH]1. The quantitative estimate of drug-likeness (QED) is 0.395. The number of hydrogen-bond acceptors (Lipinski definition) is 6. The van der Waals surface area contributed by atoms with Crippen LogP contribution in [-0.4, -0.2) is 38.8 Å². The van der Waals surface area contributed by atoms with Gasteiger partial charge in [-0.05, 0) is 56.5 Å². The number of methoxy groups -OCH3 is 1. The predicted molar refractivity (Wildman–Crippen MR) is 120 cm³/mol. The van der Waals surface area contributed by atoms with Crippen LogP contribution in [0.2, 0.25) is 5.02 Å². The summed E-state index contributed by atoms with van der Waals surface area (Å²) in [6, 6.07) is 13.7. The van der Waals surface area contributed by atoms with Gasteiger partial charge in [-0.1, -0.05) is 23.7 Å². The lowest BCUT2D eigenvalue weighted by atomic mass is 10.2. The van der Waals surface area contributed by atoms with Crippen LogP contribution < -0.4 is 4.74 Å². The first-order chi connectivity index (χ1) is 14.0. The van der Waals surface area contributed by atoms with E-state index < -0.39 is 0 Å². The Morgan fingerprint density at radius 3 is 2.83 bits per heavy atom. The topological polar surface area (TPSA) is 59.0 Å². The van der Waals surface area contributed by atoms with Gasteiger partial charge >= 0.3 is 0 Å². The van der Waals surface area contributed by atoms with E-state index in [0.29, 0.717) is 28.0 Å². The summed E-state index contributed by atoms with van der Waals surface area (Å²) in [5.74, 6) is 1.30. The molecule has 4 aromatic rings. The highest BCUT2D eigenvalue weighted by Gasteiger charge is 2.18. The zero-order chi connectivity index (χ0) is 20.5. The van der Waals surface area contributed by atoms with Crippen LogP contribution in [0.5, 0.6) is 5.75 Å². The smallest absolute Gasteiger partial charge is 0.217 e. The lowest BCUT2D eigenvalue weighted by molar-refractivity contribution is 0.195. The minimum absolute atomic E-state index is 0.127. The average molecular weight is 446 g/mol. The number of benzene rings is 2. The molecule has 0 aliphatic rings. The molecule has 150 valence electrons. The predicted octanol–water partition coefficient (Wildman–Crippen LogP) is 5.53. The Morgan fingerprint density at radius 1 is 1.28 bits per heavy atom. The van der Waals surface area contributed by atoms with Gasteiger partial charge in [0.15, 0.2) is 5.82 Å². The van der Waals surface area contributed by atoms with Gasteiger partial charge in [0.05, 0.1) is 35.6 Å². The molecule has 0 spiro atoms. The summed E-state index contributed by atoms with van der Waals surface area (Å²) in [4.78, 5) is 11.4. The van der Waals surface area contributed by atoms with Crippen LogP contribution in [0.4, 0.5) is 0 Å². The summed E-state index contributed by atoms with van der Waals surface area (Å²) in [5, 5.41) is 4.94. The van der Waals surface area contributed by atoms with E-state index in [9.17, 15) is 0 Å². The first kappa shape index (κ1) is 20.0. The molecule has 29 heavy (non-hydrogen) atoms. The van der Waals surface area contributed by atoms with E-state index in [1.54, 1.807) is 24.5 Å². The summed E-state index contributed by atoms with van der Waals surface area (Å²) >= 11 is 13.3. The zero-order valence-corrected chi connectivity index (χ0v) is 18.6. The van der Waals surface area contributed by atoms with Gasteiger partial charge in [-0.3, -0.25) is 10.00 Å². The fourth-order valence-corrected chi connectivity index (χ4v) is 4.49. The number of thiazole rings is 1. The van der Waals surface area contributed by atoms with Gasteiger partial charge in [-0.25, -0.2) is 9.67 Å². The summed E-state index contributed by atoms with van der Waals surface area (Å²) in [6.45, 7) is 2.68. The fourth-order valence-electron chi connectivity index (χ4n) is 3.04. The van der Waals surface area contributed by atoms with Gasteiger partial charge in [0.25, 0.3) is 0 Å². The van der Waals surface area contributed by atoms with Crippen molar-refractivity contribution in [3.8, 4) is 17.1 Å². The Kier molecular flexibility index (Phi) is 5.69. The first-order valence-corrected chi connectivity index (χ1v) is 10.6. The Hall–Kier alpha value is -2.26. The standard InChI is InChI=1S/C20H20ClN5OS2/c1-12(19-22-15-6-4-5-7-17(15)29-19)25(2)11-26-20(28)23-18(24-26)14-10-13(21)8-9-16(14)27-3/h4-10,12H,11H2,1-3H3,(H,23,24,28)/t12-/m1/s1. The number of aromatic amines is 1. The third kappa shape index (κ3) is 4.06. The highest BCUT2D eigenvalue weighted by Crippen LogP contribution is 2.31. The molecule has 1 N–H and O–H groups in total. The number of ether oxygens (including phenoxy) is 1. The molecule has 2 aromatic carbocycles. The molecular weight excluding hydrogens is 426 g/mol. The molecule has 4 rings (SSSR count). The number of rotatable bonds is 6. The van der Waals surface area contributed by atoms with Crippen molar-refractivity contribution in [3.63, 3.8) is 0 Å². The minimum atomic E-state index is 0.127. The maximum atomic E-state index is 6.15. The maximum absolute atomic E-state index is 6.15. The van der Waals surface area contributed by atoms with Crippen molar-refractivity contribution in [1.29, 1.82) is 0 Å². The molecule has 0 aliphatic heterocycles. The molecular formula is C20H20ClN5OS2. The molecule has 0 aliphatic carbocycles. The third-order valence-corrected chi connectivity index (χ3v) is 6.54. The molecule has 0 amide bonds. The number of nitrogens with one attached hydrogen (secondary N) is 1. The zero-order valence-electron chi connectivity index (χ0n) is 16.2. The van der Waals surface area contributed by atoms with Crippen LogP contribution in [0.3, 0.4) is 0 Å². The van der Waals surface area contributed by atoms with E-state index in [-0.39, 0.29) is 6.04 Å². The van der Waals surface area contributed by atoms with Crippen molar-refractivity contribution in [3.05, 3.63) is 57.3 Å². The molecule has 0 fully saturated rings. The Morgan fingerprint density at radius 2 is 2.07 bits per heavy atom. The molecule has 0 unspecified atom stereocenters. The molecule has 0 saturated carbocycles. The van der Waals surface area contributed by atoms with E-state index in [4.69, 9.17) is 33.5 Å². The van der Waals surface area contributed by atoms with Crippen LogP contribution in [0.15, 0.2) is 42.5 Å².